The highest BCUT2D eigenvalue weighted by molar-refractivity contribution is 7.80. The molecular formula is C17H15N4O4S-. The van der Waals surface area contributed by atoms with Gasteiger partial charge in [-0.1, -0.05) is 11.3 Å². The molecule has 0 radical (unpaired) electrons. The molecule has 0 atom stereocenters. The summed E-state index contributed by atoms with van der Waals surface area (Å²) < 4.78 is 0. The molecule has 2 rings (SSSR count). The number of nitro groups is 1. The van der Waals surface area contributed by atoms with E-state index in [0.29, 0.717) is 11.4 Å². The summed E-state index contributed by atoms with van der Waals surface area (Å²) in [5.74, 6) is -0.581. The van der Waals surface area contributed by atoms with Gasteiger partial charge >= 0.3 is 0 Å². The lowest BCUT2D eigenvalue weighted by molar-refractivity contribution is -0.385. The van der Waals surface area contributed by atoms with Gasteiger partial charge in [-0.15, -0.1) is 0 Å². The third-order valence-electron chi connectivity index (χ3n) is 3.27. The third kappa shape index (κ3) is 5.08. The maximum absolute atomic E-state index is 12.1. The fourth-order valence-electron chi connectivity index (χ4n) is 2.08. The molecule has 0 spiro atoms. The summed E-state index contributed by atoms with van der Waals surface area (Å²) in [5.41, 5.74) is 1.47. The van der Waals surface area contributed by atoms with Crippen LogP contribution in [0.15, 0.2) is 41.4 Å². The fourth-order valence-corrected chi connectivity index (χ4v) is 2.34. The number of amides is 1. The van der Waals surface area contributed by atoms with Crippen LogP contribution in [0.2, 0.25) is 0 Å². The van der Waals surface area contributed by atoms with E-state index in [1.54, 1.807) is 24.3 Å². The molecule has 0 aromatic heterocycles. The van der Waals surface area contributed by atoms with Crippen LogP contribution in [0.25, 0.3) is 0 Å². The van der Waals surface area contributed by atoms with Crippen molar-refractivity contribution < 1.29 is 14.8 Å². The van der Waals surface area contributed by atoms with Gasteiger partial charge in [0.1, 0.15) is 0 Å². The molecule has 0 bridgehead atoms. The van der Waals surface area contributed by atoms with E-state index in [1.165, 1.54) is 32.2 Å². The molecule has 0 aliphatic heterocycles. The van der Waals surface area contributed by atoms with Crippen molar-refractivity contribution in [3.63, 3.8) is 0 Å². The average molecular weight is 371 g/mol. The number of hydrogen-bond donors (Lipinski definition) is 2. The van der Waals surface area contributed by atoms with Gasteiger partial charge in [-0.05, 0) is 49.0 Å². The number of thiocarbonyl (C=S) groups is 1. The summed E-state index contributed by atoms with van der Waals surface area (Å²) >= 11 is 4.96. The molecule has 0 saturated carbocycles. The summed E-state index contributed by atoms with van der Waals surface area (Å²) in [6.07, 6.45) is 1.30. The molecule has 1 amide bonds. The molecule has 2 aromatic carbocycles. The zero-order chi connectivity index (χ0) is 19.3. The molecular weight excluding hydrogens is 356 g/mol. The zero-order valence-electron chi connectivity index (χ0n) is 14.0. The molecule has 0 aliphatic carbocycles. The number of nitrogens with one attached hydrogen (secondary N) is 2. The van der Waals surface area contributed by atoms with Gasteiger partial charge in [0.15, 0.2) is 5.11 Å². The number of hydrogen-bond acceptors (Lipinski definition) is 6. The van der Waals surface area contributed by atoms with E-state index in [9.17, 15) is 20.0 Å². The van der Waals surface area contributed by atoms with Crippen molar-refractivity contribution in [1.29, 1.82) is 0 Å². The first kappa shape index (κ1) is 19.0. The Bertz CT molecular complexity index is 894. The van der Waals surface area contributed by atoms with E-state index < -0.39 is 4.92 Å². The van der Waals surface area contributed by atoms with Gasteiger partial charge in [0.25, 0.3) is 5.69 Å². The number of aliphatic imine (C=N–C) groups is 1. The van der Waals surface area contributed by atoms with Crippen LogP contribution >= 0.6 is 12.2 Å². The number of benzene rings is 2. The summed E-state index contributed by atoms with van der Waals surface area (Å²) in [4.78, 5) is 25.4. The van der Waals surface area contributed by atoms with Crippen LogP contribution < -0.4 is 15.7 Å². The molecule has 2 aromatic rings. The highest BCUT2D eigenvalue weighted by Gasteiger charge is 2.08. The second-order valence-electron chi connectivity index (χ2n) is 5.38. The molecule has 0 aliphatic rings. The second-order valence-corrected chi connectivity index (χ2v) is 5.79. The normalized spacial score (nSPS) is 10.5. The lowest BCUT2D eigenvalue weighted by Gasteiger charge is -2.13. The quantitative estimate of drug-likeness (QED) is 0.369. The van der Waals surface area contributed by atoms with Gasteiger partial charge in [0, 0.05) is 31.0 Å². The zero-order valence-corrected chi connectivity index (χ0v) is 14.8. The first-order valence-corrected chi connectivity index (χ1v) is 7.86. The standard InChI is InChI=1S/C17H16N4O4S/c1-10-7-15(21(24)25)8-12(16(10)23)9-18-13-3-5-14(6-4-13)20-17(26)19-11(2)22/h3-9,23H,1-2H3,(H2,19,20,22,26)/p-1. The van der Waals surface area contributed by atoms with E-state index in [4.69, 9.17) is 12.2 Å². The molecule has 0 unspecified atom stereocenters. The predicted molar refractivity (Wildman–Crippen MR) is 101 cm³/mol. The lowest BCUT2D eigenvalue weighted by atomic mass is 10.1. The Balaban J connectivity index is 2.15. The second kappa shape index (κ2) is 8.17. The molecule has 2 N–H and O–H groups in total. The Morgan fingerprint density at radius 2 is 1.92 bits per heavy atom. The Kier molecular flexibility index (Phi) is 5.97. The van der Waals surface area contributed by atoms with Gasteiger partial charge in [-0.2, -0.15) is 0 Å². The van der Waals surface area contributed by atoms with Crippen molar-refractivity contribution in [2.24, 2.45) is 4.99 Å². The van der Waals surface area contributed by atoms with Crippen molar-refractivity contribution in [1.82, 2.24) is 5.32 Å². The van der Waals surface area contributed by atoms with E-state index in [1.807, 2.05) is 0 Å². The largest absolute Gasteiger partial charge is 0.872 e. The minimum absolute atomic E-state index is 0.144. The molecule has 0 fully saturated rings. The van der Waals surface area contributed by atoms with Crippen molar-refractivity contribution in [3.05, 3.63) is 57.6 Å². The van der Waals surface area contributed by atoms with Crippen LogP contribution in [0, 0.1) is 17.0 Å². The van der Waals surface area contributed by atoms with Crippen LogP contribution in [0.1, 0.15) is 18.1 Å². The number of nitro benzene ring substituents is 1. The number of carbonyl (C=O) groups is 1. The van der Waals surface area contributed by atoms with Crippen LogP contribution in [0.5, 0.6) is 5.75 Å². The highest BCUT2D eigenvalue weighted by Crippen LogP contribution is 2.25. The van der Waals surface area contributed by atoms with E-state index in [2.05, 4.69) is 15.6 Å². The van der Waals surface area contributed by atoms with Crippen molar-refractivity contribution >= 4 is 46.5 Å². The number of non-ortho nitro benzene ring substituents is 1. The Morgan fingerprint density at radius 1 is 1.27 bits per heavy atom. The minimum atomic E-state index is -0.553. The van der Waals surface area contributed by atoms with Crippen molar-refractivity contribution in [2.75, 3.05) is 5.32 Å². The molecule has 0 saturated heterocycles. The minimum Gasteiger partial charge on any atom is -0.872 e. The highest BCUT2D eigenvalue weighted by atomic mass is 32.1. The van der Waals surface area contributed by atoms with Gasteiger partial charge in [-0.25, -0.2) is 0 Å². The van der Waals surface area contributed by atoms with Crippen LogP contribution in [-0.4, -0.2) is 22.2 Å². The van der Waals surface area contributed by atoms with Crippen LogP contribution in [-0.2, 0) is 4.79 Å². The summed E-state index contributed by atoms with van der Waals surface area (Å²) in [6, 6.07) is 9.15. The summed E-state index contributed by atoms with van der Waals surface area (Å²) in [6.45, 7) is 2.87. The van der Waals surface area contributed by atoms with Gasteiger partial charge in [-0.3, -0.25) is 19.9 Å². The van der Waals surface area contributed by atoms with E-state index >= 15 is 0 Å². The average Bonchev–Trinajstić information content (AvgIpc) is 2.56. The molecule has 8 nitrogen and oxygen atoms in total. The number of anilines is 1. The summed E-state index contributed by atoms with van der Waals surface area (Å²) in [7, 11) is 0. The van der Waals surface area contributed by atoms with E-state index in [-0.39, 0.29) is 33.6 Å². The topological polar surface area (TPSA) is 120 Å². The number of rotatable bonds is 4. The van der Waals surface area contributed by atoms with Crippen LogP contribution in [0.4, 0.5) is 17.1 Å². The van der Waals surface area contributed by atoms with Gasteiger partial charge in [0.2, 0.25) is 5.91 Å². The Morgan fingerprint density at radius 3 is 2.50 bits per heavy atom. The predicted octanol–water partition coefficient (Wildman–Crippen LogP) is 2.56. The monoisotopic (exact) mass is 371 g/mol. The molecule has 134 valence electrons. The smallest absolute Gasteiger partial charge is 0.270 e. The number of nitrogens with zero attached hydrogens (tertiary/aromatic N) is 2. The van der Waals surface area contributed by atoms with Crippen molar-refractivity contribution in [3.8, 4) is 5.75 Å². The van der Waals surface area contributed by atoms with Gasteiger partial charge < -0.3 is 15.7 Å². The number of aryl methyl sites for hydroxylation is 1. The molecule has 9 heteroatoms. The molecule has 26 heavy (non-hydrogen) atoms. The first-order chi connectivity index (χ1) is 12.3. The van der Waals surface area contributed by atoms with E-state index in [0.717, 1.165) is 0 Å². The van der Waals surface area contributed by atoms with Gasteiger partial charge in [0.05, 0.1) is 10.6 Å². The van der Waals surface area contributed by atoms with Crippen molar-refractivity contribution in [2.45, 2.75) is 13.8 Å². The summed E-state index contributed by atoms with van der Waals surface area (Å²) in [5, 5.41) is 28.4. The third-order valence-corrected chi connectivity index (χ3v) is 3.47. The van der Waals surface area contributed by atoms with Crippen LogP contribution in [0.3, 0.4) is 0 Å². The number of carbonyl (C=O) groups excluding carboxylic acids is 1. The Hall–Kier alpha value is -3.33. The molecule has 0 heterocycles. The maximum Gasteiger partial charge on any atom is 0.270 e. The lowest BCUT2D eigenvalue weighted by Crippen LogP contribution is -2.32. The Labute approximate surface area is 154 Å². The SMILES string of the molecule is CC(=O)NC(=S)Nc1ccc(N=Cc2cc([N+](=O)[O-])cc(C)c2[O-])cc1. The first-order valence-electron chi connectivity index (χ1n) is 7.45. The fraction of sp³-hybridized carbons (Fsp3) is 0.118. The maximum atomic E-state index is 12.1.